The molecule has 0 spiro atoms. The number of rotatable bonds is 2. The molecule has 1 aromatic heterocycles. The van der Waals surface area contributed by atoms with Gasteiger partial charge in [0.2, 0.25) is 0 Å². The molecule has 1 saturated heterocycles. The second kappa shape index (κ2) is 4.23. The fraction of sp³-hybridized carbons (Fsp3) is 0.417. The summed E-state index contributed by atoms with van der Waals surface area (Å²) >= 11 is 0. The Bertz CT molecular complexity index is 438. The summed E-state index contributed by atoms with van der Waals surface area (Å²) in [6, 6.07) is 8.24. The standard InChI is InChI=1S/C12H16N4/c1-2-4-11-10(3-1)14-12(15-11)9-16-7-5-13-6-8-16/h1-4,13H,5-9H2,(H,14,15)/p+2. The second-order valence-electron chi connectivity index (χ2n) is 4.49. The van der Waals surface area contributed by atoms with Crippen LogP contribution >= 0.6 is 0 Å². The number of piperazine rings is 1. The molecule has 2 aromatic rings. The number of aromatic amines is 1. The zero-order chi connectivity index (χ0) is 10.8. The van der Waals surface area contributed by atoms with E-state index in [1.807, 2.05) is 12.1 Å². The number of aromatic nitrogens is 2. The van der Waals surface area contributed by atoms with E-state index in [0.29, 0.717) is 0 Å². The first-order valence-corrected chi connectivity index (χ1v) is 6.01. The van der Waals surface area contributed by atoms with Crippen molar-refractivity contribution in [3.8, 4) is 0 Å². The van der Waals surface area contributed by atoms with E-state index < -0.39 is 0 Å². The highest BCUT2D eigenvalue weighted by molar-refractivity contribution is 5.74. The number of nitrogens with two attached hydrogens (primary N) is 1. The second-order valence-corrected chi connectivity index (χ2v) is 4.49. The number of hydrogen-bond acceptors (Lipinski definition) is 1. The van der Waals surface area contributed by atoms with Crippen molar-refractivity contribution in [1.82, 2.24) is 9.97 Å². The molecule has 2 heterocycles. The lowest BCUT2D eigenvalue weighted by atomic mass is 10.3. The topological polar surface area (TPSA) is 49.7 Å². The van der Waals surface area contributed by atoms with Crippen molar-refractivity contribution in [2.75, 3.05) is 26.2 Å². The van der Waals surface area contributed by atoms with Gasteiger partial charge in [0.1, 0.15) is 32.7 Å². The average molecular weight is 218 g/mol. The maximum Gasteiger partial charge on any atom is 0.162 e. The van der Waals surface area contributed by atoms with Gasteiger partial charge in [-0.15, -0.1) is 0 Å². The third-order valence-electron chi connectivity index (χ3n) is 3.26. The highest BCUT2D eigenvalue weighted by Gasteiger charge is 2.17. The first-order valence-electron chi connectivity index (χ1n) is 6.01. The molecule has 1 aromatic carbocycles. The molecule has 1 aliphatic heterocycles. The normalized spacial score (nSPS) is 18.0. The molecule has 4 N–H and O–H groups in total. The molecule has 1 aliphatic rings. The number of benzene rings is 1. The van der Waals surface area contributed by atoms with E-state index in [9.17, 15) is 0 Å². The molecule has 1 fully saturated rings. The van der Waals surface area contributed by atoms with Crippen molar-refractivity contribution in [3.63, 3.8) is 0 Å². The number of nitrogens with one attached hydrogen (secondary N) is 2. The first kappa shape index (κ1) is 9.81. The fourth-order valence-corrected chi connectivity index (χ4v) is 2.38. The lowest BCUT2D eigenvalue weighted by molar-refractivity contribution is -0.958. The summed E-state index contributed by atoms with van der Waals surface area (Å²) in [7, 11) is 0. The van der Waals surface area contributed by atoms with Crippen LogP contribution in [-0.4, -0.2) is 36.1 Å². The number of fused-ring (bicyclic) bond motifs is 1. The summed E-state index contributed by atoms with van der Waals surface area (Å²) < 4.78 is 0. The zero-order valence-corrected chi connectivity index (χ0v) is 9.37. The van der Waals surface area contributed by atoms with Gasteiger partial charge in [0.15, 0.2) is 5.82 Å². The van der Waals surface area contributed by atoms with Crippen LogP contribution in [0.1, 0.15) is 5.82 Å². The molecule has 0 saturated carbocycles. The SMILES string of the molecule is c1ccc2[nH]c(C[NH+]3CC[NH2+]CC3)nc2c1. The van der Waals surface area contributed by atoms with Crippen molar-refractivity contribution in [2.24, 2.45) is 0 Å². The van der Waals surface area contributed by atoms with E-state index in [2.05, 4.69) is 27.4 Å². The Balaban J connectivity index is 1.78. The van der Waals surface area contributed by atoms with Crippen LogP contribution in [0.25, 0.3) is 11.0 Å². The molecule has 84 valence electrons. The Kier molecular flexibility index (Phi) is 2.60. The van der Waals surface area contributed by atoms with Gasteiger partial charge in [0, 0.05) is 0 Å². The molecule has 4 nitrogen and oxygen atoms in total. The highest BCUT2D eigenvalue weighted by Crippen LogP contribution is 2.09. The van der Waals surface area contributed by atoms with Crippen LogP contribution in [0.4, 0.5) is 0 Å². The molecular formula is C12H18N4+2. The van der Waals surface area contributed by atoms with E-state index in [-0.39, 0.29) is 0 Å². The van der Waals surface area contributed by atoms with Gasteiger partial charge < -0.3 is 15.2 Å². The fourth-order valence-electron chi connectivity index (χ4n) is 2.38. The summed E-state index contributed by atoms with van der Waals surface area (Å²) in [5, 5.41) is 2.39. The Morgan fingerprint density at radius 2 is 2.06 bits per heavy atom. The third kappa shape index (κ3) is 1.94. The van der Waals surface area contributed by atoms with Crippen LogP contribution in [0, 0.1) is 0 Å². The highest BCUT2D eigenvalue weighted by atomic mass is 15.2. The number of hydrogen-bond donors (Lipinski definition) is 3. The predicted octanol–water partition coefficient (Wildman–Crippen LogP) is -1.48. The number of H-pyrrole nitrogens is 1. The van der Waals surface area contributed by atoms with Crippen molar-refractivity contribution >= 4 is 11.0 Å². The third-order valence-corrected chi connectivity index (χ3v) is 3.26. The quantitative estimate of drug-likeness (QED) is 0.566. The number of para-hydroxylation sites is 2. The molecule has 0 bridgehead atoms. The summed E-state index contributed by atoms with van der Waals surface area (Å²) in [5.41, 5.74) is 2.24. The summed E-state index contributed by atoms with van der Waals surface area (Å²) in [6.45, 7) is 6.02. The maximum atomic E-state index is 4.62. The molecular weight excluding hydrogens is 200 g/mol. The zero-order valence-electron chi connectivity index (χ0n) is 9.37. The average Bonchev–Trinajstić information content (AvgIpc) is 2.72. The van der Waals surface area contributed by atoms with Crippen LogP contribution in [0.2, 0.25) is 0 Å². The van der Waals surface area contributed by atoms with Gasteiger partial charge in [-0.2, -0.15) is 0 Å². The monoisotopic (exact) mass is 218 g/mol. The molecule has 0 amide bonds. The van der Waals surface area contributed by atoms with Crippen molar-refractivity contribution in [1.29, 1.82) is 0 Å². The van der Waals surface area contributed by atoms with Gasteiger partial charge in [-0.3, -0.25) is 0 Å². The Labute approximate surface area is 94.7 Å². The summed E-state index contributed by atoms with van der Waals surface area (Å²) in [6.07, 6.45) is 0. The van der Waals surface area contributed by atoms with Crippen LogP contribution in [0.3, 0.4) is 0 Å². The van der Waals surface area contributed by atoms with Gasteiger partial charge >= 0.3 is 0 Å². The van der Waals surface area contributed by atoms with Crippen LogP contribution < -0.4 is 10.2 Å². The largest absolute Gasteiger partial charge is 0.337 e. The van der Waals surface area contributed by atoms with Crippen molar-refractivity contribution in [2.45, 2.75) is 6.54 Å². The molecule has 0 aliphatic carbocycles. The van der Waals surface area contributed by atoms with Crippen molar-refractivity contribution in [3.05, 3.63) is 30.1 Å². The van der Waals surface area contributed by atoms with Crippen LogP contribution in [0.15, 0.2) is 24.3 Å². The number of imidazole rings is 1. The smallest absolute Gasteiger partial charge is 0.162 e. The number of quaternary nitrogens is 2. The minimum atomic E-state index is 1.03. The molecule has 16 heavy (non-hydrogen) atoms. The molecule has 3 rings (SSSR count). The van der Waals surface area contributed by atoms with Crippen LogP contribution in [-0.2, 0) is 6.54 Å². The van der Waals surface area contributed by atoms with E-state index >= 15 is 0 Å². The molecule has 0 radical (unpaired) electrons. The van der Waals surface area contributed by atoms with Gasteiger partial charge in [-0.1, -0.05) is 12.1 Å². The van der Waals surface area contributed by atoms with E-state index in [0.717, 1.165) is 23.4 Å². The van der Waals surface area contributed by atoms with E-state index in [1.54, 1.807) is 4.90 Å². The first-order chi connectivity index (χ1) is 7.92. The van der Waals surface area contributed by atoms with E-state index in [1.165, 1.54) is 26.2 Å². The van der Waals surface area contributed by atoms with Gasteiger partial charge in [-0.25, -0.2) is 4.98 Å². The van der Waals surface area contributed by atoms with Gasteiger partial charge in [0.05, 0.1) is 11.0 Å². The number of nitrogens with zero attached hydrogens (tertiary/aromatic N) is 1. The maximum absolute atomic E-state index is 4.62. The lowest BCUT2D eigenvalue weighted by Gasteiger charge is -2.20. The summed E-state index contributed by atoms with van der Waals surface area (Å²) in [4.78, 5) is 9.66. The molecule has 0 unspecified atom stereocenters. The van der Waals surface area contributed by atoms with Gasteiger partial charge in [0.25, 0.3) is 0 Å². The van der Waals surface area contributed by atoms with Crippen LogP contribution in [0.5, 0.6) is 0 Å². The minimum Gasteiger partial charge on any atom is -0.337 e. The Morgan fingerprint density at radius 3 is 2.88 bits per heavy atom. The van der Waals surface area contributed by atoms with Crippen molar-refractivity contribution < 1.29 is 10.2 Å². The Morgan fingerprint density at radius 1 is 1.25 bits per heavy atom. The Hall–Kier alpha value is -1.39. The summed E-state index contributed by atoms with van der Waals surface area (Å²) in [5.74, 6) is 1.12. The molecule has 0 atom stereocenters. The van der Waals surface area contributed by atoms with Gasteiger partial charge in [-0.05, 0) is 12.1 Å². The molecule has 4 heteroatoms. The lowest BCUT2D eigenvalue weighted by Crippen LogP contribution is -3.19. The predicted molar refractivity (Wildman–Crippen MR) is 62.2 cm³/mol. The minimum absolute atomic E-state index is 1.03. The van der Waals surface area contributed by atoms with E-state index in [4.69, 9.17) is 0 Å².